The Morgan fingerprint density at radius 2 is 1.24 bits per heavy atom. The average Bonchev–Trinajstić information content (AvgIpc) is 2.29. The van der Waals surface area contributed by atoms with E-state index in [1.54, 1.807) is 0 Å². The van der Waals surface area contributed by atoms with E-state index in [1.165, 1.54) is 0 Å². The van der Waals surface area contributed by atoms with Crippen molar-refractivity contribution in [1.29, 1.82) is 0 Å². The van der Waals surface area contributed by atoms with Gasteiger partial charge in [0.15, 0.2) is 0 Å². The Kier molecular flexibility index (Phi) is 4.92. The largest absolute Gasteiger partial charge is 0.0532 e. The molecule has 2 aromatic carbocycles. The van der Waals surface area contributed by atoms with Gasteiger partial charge in [-0.15, -0.1) is 0 Å². The lowest BCUT2D eigenvalue weighted by atomic mass is 10.1. The Bertz CT molecular complexity index is 560. The van der Waals surface area contributed by atoms with Crippen molar-refractivity contribution >= 4 is 79.6 Å². The van der Waals surface area contributed by atoms with Crippen molar-refractivity contribution in [2.45, 2.75) is 0 Å². The molecule has 2 rings (SSSR count). The molecule has 0 aromatic heterocycles. The third-order valence-corrected chi connectivity index (χ3v) is 6.71. The minimum atomic E-state index is 1.01. The molecule has 0 saturated carbocycles. The molecular weight excluding hydrogens is 544 g/mol. The van der Waals surface area contributed by atoms with Gasteiger partial charge in [0.05, 0.1) is 0 Å². The van der Waals surface area contributed by atoms with Gasteiger partial charge in [0.2, 0.25) is 0 Å². The van der Waals surface area contributed by atoms with E-state index in [0.717, 1.165) is 33.5 Å². The molecule has 17 heavy (non-hydrogen) atoms. The predicted octanol–water partition coefficient (Wildman–Crippen LogP) is 7.17. The summed E-state index contributed by atoms with van der Waals surface area (Å²) in [5.41, 5.74) is 2.28. The molecule has 0 N–H and O–H groups in total. The highest BCUT2D eigenvalue weighted by molar-refractivity contribution is 9.14. The first-order valence-electron chi connectivity index (χ1n) is 4.59. The molecule has 88 valence electrons. The summed E-state index contributed by atoms with van der Waals surface area (Å²) in [7, 11) is 0. The van der Waals surface area contributed by atoms with Crippen molar-refractivity contribution in [3.05, 3.63) is 52.7 Å². The molecule has 0 bridgehead atoms. The summed E-state index contributed by atoms with van der Waals surface area (Å²) < 4.78 is 5.17. The molecule has 0 aliphatic carbocycles. The molecule has 0 radical (unpaired) electrons. The van der Waals surface area contributed by atoms with Gasteiger partial charge in [0, 0.05) is 27.9 Å². The Balaban J connectivity index is 2.67. The van der Waals surface area contributed by atoms with E-state index < -0.39 is 0 Å². The normalized spacial score (nSPS) is 10.6. The second-order valence-electron chi connectivity index (χ2n) is 3.35. The number of halogens is 5. The molecule has 0 atom stereocenters. The van der Waals surface area contributed by atoms with Crippen LogP contribution in [0.3, 0.4) is 0 Å². The Morgan fingerprint density at radius 1 is 0.647 bits per heavy atom. The lowest BCUT2D eigenvalue weighted by Gasteiger charge is -2.11. The van der Waals surface area contributed by atoms with Crippen LogP contribution >= 0.6 is 79.6 Å². The van der Waals surface area contributed by atoms with E-state index in [0.29, 0.717) is 0 Å². The summed E-state index contributed by atoms with van der Waals surface area (Å²) in [4.78, 5) is 0. The van der Waals surface area contributed by atoms with Gasteiger partial charge >= 0.3 is 0 Å². The van der Waals surface area contributed by atoms with Crippen molar-refractivity contribution in [2.75, 3.05) is 0 Å². The average molecular weight is 549 g/mol. The molecule has 0 aliphatic rings. The summed E-state index contributed by atoms with van der Waals surface area (Å²) in [5, 5.41) is 0. The molecule has 0 fully saturated rings. The number of hydrogen-bond donors (Lipinski definition) is 0. The Morgan fingerprint density at radius 3 is 1.82 bits per heavy atom. The van der Waals surface area contributed by atoms with E-state index in [2.05, 4.69) is 91.8 Å². The lowest BCUT2D eigenvalue weighted by Crippen LogP contribution is -1.85. The summed E-state index contributed by atoms with van der Waals surface area (Å²) >= 11 is 17.7. The van der Waals surface area contributed by atoms with E-state index in [1.807, 2.05) is 18.2 Å². The fourth-order valence-electron chi connectivity index (χ4n) is 1.45. The summed E-state index contributed by atoms with van der Waals surface area (Å²) in [6, 6.07) is 10.3. The maximum Gasteiger partial charge on any atom is 0.0466 e. The maximum atomic E-state index is 3.62. The van der Waals surface area contributed by atoms with Crippen molar-refractivity contribution < 1.29 is 0 Å². The minimum Gasteiger partial charge on any atom is -0.0532 e. The van der Waals surface area contributed by atoms with Gasteiger partial charge in [-0.05, 0) is 71.6 Å². The Labute approximate surface area is 142 Å². The third kappa shape index (κ3) is 3.06. The molecule has 0 heterocycles. The molecule has 0 saturated heterocycles. The van der Waals surface area contributed by atoms with Crippen LogP contribution in [0, 0.1) is 0 Å². The maximum absolute atomic E-state index is 3.62. The SMILES string of the molecule is Brc1ccc(-c2c(Br)cc(Br)c(Br)c2Br)cc1. The van der Waals surface area contributed by atoms with Crippen LogP contribution in [0.5, 0.6) is 0 Å². The van der Waals surface area contributed by atoms with Crippen LogP contribution in [-0.2, 0) is 0 Å². The highest BCUT2D eigenvalue weighted by atomic mass is 79.9. The fourth-order valence-corrected chi connectivity index (χ4v) is 4.60. The molecule has 0 nitrogen and oxygen atoms in total. The van der Waals surface area contributed by atoms with Crippen molar-refractivity contribution in [1.82, 2.24) is 0 Å². The first kappa shape index (κ1) is 14.3. The van der Waals surface area contributed by atoms with Crippen LogP contribution in [0.25, 0.3) is 11.1 Å². The van der Waals surface area contributed by atoms with Crippen LogP contribution < -0.4 is 0 Å². The summed E-state index contributed by atoms with van der Waals surface area (Å²) in [6.45, 7) is 0. The van der Waals surface area contributed by atoms with Gasteiger partial charge in [-0.3, -0.25) is 0 Å². The lowest BCUT2D eigenvalue weighted by molar-refractivity contribution is 1.48. The molecule has 0 amide bonds. The van der Waals surface area contributed by atoms with Crippen LogP contribution in [-0.4, -0.2) is 0 Å². The second kappa shape index (κ2) is 5.87. The molecule has 0 unspecified atom stereocenters. The molecule has 0 aliphatic heterocycles. The van der Waals surface area contributed by atoms with E-state index >= 15 is 0 Å². The smallest absolute Gasteiger partial charge is 0.0466 e. The molecular formula is C12H5Br5. The number of rotatable bonds is 1. The van der Waals surface area contributed by atoms with E-state index in [-0.39, 0.29) is 0 Å². The Hall–Kier alpha value is 0.840. The monoisotopic (exact) mass is 544 g/mol. The molecule has 2 aromatic rings. The van der Waals surface area contributed by atoms with Gasteiger partial charge in [-0.1, -0.05) is 44.0 Å². The van der Waals surface area contributed by atoms with Crippen LogP contribution in [0.15, 0.2) is 52.7 Å². The van der Waals surface area contributed by atoms with Crippen molar-refractivity contribution in [2.24, 2.45) is 0 Å². The zero-order chi connectivity index (χ0) is 12.6. The van der Waals surface area contributed by atoms with E-state index in [4.69, 9.17) is 0 Å². The predicted molar refractivity (Wildman–Crippen MR) is 90.4 cm³/mol. The van der Waals surface area contributed by atoms with Crippen molar-refractivity contribution in [3.63, 3.8) is 0 Å². The van der Waals surface area contributed by atoms with Crippen molar-refractivity contribution in [3.8, 4) is 11.1 Å². The second-order valence-corrected chi connectivity index (χ2v) is 7.56. The van der Waals surface area contributed by atoms with Gasteiger partial charge in [-0.2, -0.15) is 0 Å². The summed E-state index contributed by atoms with van der Waals surface area (Å²) in [6.07, 6.45) is 0. The molecule has 5 heteroatoms. The zero-order valence-electron chi connectivity index (χ0n) is 8.28. The standard InChI is InChI=1S/C12H5Br5/c13-7-3-1-6(2-4-7)10-8(14)5-9(15)11(16)12(10)17/h1-5H. The third-order valence-electron chi connectivity index (χ3n) is 2.25. The van der Waals surface area contributed by atoms with Gasteiger partial charge in [0.1, 0.15) is 0 Å². The first-order chi connectivity index (χ1) is 8.00. The van der Waals surface area contributed by atoms with Crippen LogP contribution in [0.1, 0.15) is 0 Å². The van der Waals surface area contributed by atoms with E-state index in [9.17, 15) is 0 Å². The van der Waals surface area contributed by atoms with Crippen LogP contribution in [0.2, 0.25) is 0 Å². The van der Waals surface area contributed by atoms with Gasteiger partial charge < -0.3 is 0 Å². The first-order valence-corrected chi connectivity index (χ1v) is 8.56. The summed E-state index contributed by atoms with van der Waals surface area (Å²) in [5.74, 6) is 0. The van der Waals surface area contributed by atoms with Crippen LogP contribution in [0.4, 0.5) is 0 Å². The highest BCUT2D eigenvalue weighted by Crippen LogP contribution is 2.43. The zero-order valence-corrected chi connectivity index (χ0v) is 16.2. The van der Waals surface area contributed by atoms with Gasteiger partial charge in [-0.25, -0.2) is 0 Å². The topological polar surface area (TPSA) is 0 Å². The quantitative estimate of drug-likeness (QED) is 0.262. The fraction of sp³-hybridized carbons (Fsp3) is 0. The number of benzene rings is 2. The van der Waals surface area contributed by atoms with Gasteiger partial charge in [0.25, 0.3) is 0 Å². The molecule has 0 spiro atoms. The number of hydrogen-bond acceptors (Lipinski definition) is 0. The highest BCUT2D eigenvalue weighted by Gasteiger charge is 2.13. The minimum absolute atomic E-state index is 1.01.